The maximum Gasteiger partial charge on any atom is 0.144 e. The van der Waals surface area contributed by atoms with Crippen LogP contribution in [0.1, 0.15) is 0 Å². The molecule has 0 saturated heterocycles. The van der Waals surface area contributed by atoms with Crippen molar-refractivity contribution >= 4 is 46.4 Å². The first-order valence-electron chi connectivity index (χ1n) is 2.10. The van der Waals surface area contributed by atoms with Gasteiger partial charge in [-0.05, 0) is 22.6 Å². The van der Waals surface area contributed by atoms with Crippen LogP contribution in [0.2, 0.25) is 5.15 Å². The van der Waals surface area contributed by atoms with E-state index >= 15 is 0 Å². The molecule has 1 heterocycles. The van der Waals surface area contributed by atoms with Crippen LogP contribution in [0.15, 0.2) is 6.33 Å². The molecule has 0 bridgehead atoms. The van der Waals surface area contributed by atoms with E-state index in [-0.39, 0.29) is 0 Å². The molecule has 0 atom stereocenters. The highest BCUT2D eigenvalue weighted by Gasteiger charge is 1.95. The fourth-order valence-corrected chi connectivity index (χ4v) is 1.01. The Hall–Kier alpha value is 0.320. The molecule has 0 unspecified atom stereocenters. The molecule has 0 aliphatic rings. The Morgan fingerprint density at radius 2 is 2.44 bits per heavy atom. The summed E-state index contributed by atoms with van der Waals surface area (Å²) in [6, 6.07) is 0. The number of rotatable bonds is 0. The van der Waals surface area contributed by atoms with Crippen molar-refractivity contribution in [3.8, 4) is 0 Å². The fraction of sp³-hybridized carbons (Fsp3) is 0. The van der Waals surface area contributed by atoms with E-state index in [1.165, 1.54) is 6.33 Å². The van der Waals surface area contributed by atoms with Crippen LogP contribution >= 0.6 is 46.4 Å². The molecule has 0 amide bonds. The minimum absolute atomic E-state index is 0.541. The van der Waals surface area contributed by atoms with Gasteiger partial charge in [-0.1, -0.05) is 23.8 Å². The van der Waals surface area contributed by atoms with Crippen molar-refractivity contribution in [1.82, 2.24) is 9.97 Å². The standard InChI is InChI=1S/C4H2ClIN2S/c5-3-2(6)4(9)8-1-7-3/h1H,(H,7,8,9). The Kier molecular flexibility index (Phi) is 2.42. The van der Waals surface area contributed by atoms with Gasteiger partial charge >= 0.3 is 0 Å². The van der Waals surface area contributed by atoms with Gasteiger partial charge in [0.25, 0.3) is 0 Å². The van der Waals surface area contributed by atoms with Crippen LogP contribution < -0.4 is 0 Å². The summed E-state index contributed by atoms with van der Waals surface area (Å²) in [7, 11) is 0. The maximum atomic E-state index is 5.64. The zero-order valence-electron chi connectivity index (χ0n) is 4.19. The summed E-state index contributed by atoms with van der Waals surface area (Å²) in [5.74, 6) is 0. The summed E-state index contributed by atoms with van der Waals surface area (Å²) in [6.07, 6.45) is 1.48. The molecule has 5 heteroatoms. The van der Waals surface area contributed by atoms with Gasteiger partial charge in [-0.15, -0.1) is 0 Å². The molecule has 1 N–H and O–H groups in total. The molecule has 0 saturated carbocycles. The lowest BCUT2D eigenvalue weighted by Gasteiger charge is -1.91. The molecule has 1 aromatic rings. The number of aromatic amines is 1. The third kappa shape index (κ3) is 1.62. The van der Waals surface area contributed by atoms with E-state index in [1.54, 1.807) is 0 Å². The number of nitrogens with one attached hydrogen (secondary N) is 1. The summed E-state index contributed by atoms with van der Waals surface area (Å²) in [6.45, 7) is 0. The second-order valence-corrected chi connectivity index (χ2v) is 3.18. The van der Waals surface area contributed by atoms with Crippen molar-refractivity contribution in [2.45, 2.75) is 0 Å². The number of nitrogens with zero attached hydrogens (tertiary/aromatic N) is 1. The van der Waals surface area contributed by atoms with E-state index in [2.05, 4.69) is 9.97 Å². The summed E-state index contributed by atoms with van der Waals surface area (Å²) < 4.78 is 1.34. The lowest BCUT2D eigenvalue weighted by molar-refractivity contribution is 1.13. The average molecular weight is 272 g/mol. The van der Waals surface area contributed by atoms with Crippen LogP contribution in [0.5, 0.6) is 0 Å². The molecule has 48 valence electrons. The molecule has 0 fully saturated rings. The van der Waals surface area contributed by atoms with Crippen molar-refractivity contribution in [3.63, 3.8) is 0 Å². The largest absolute Gasteiger partial charge is 0.336 e. The van der Waals surface area contributed by atoms with Crippen LogP contribution in [0.3, 0.4) is 0 Å². The fourth-order valence-electron chi connectivity index (χ4n) is 0.361. The SMILES string of the molecule is S=c1nc[nH]c(Cl)c1I. The van der Waals surface area contributed by atoms with Crippen molar-refractivity contribution < 1.29 is 0 Å². The predicted molar refractivity (Wildman–Crippen MR) is 47.1 cm³/mol. The number of H-pyrrole nitrogens is 1. The Balaban J connectivity index is 3.43. The van der Waals surface area contributed by atoms with Gasteiger partial charge < -0.3 is 4.98 Å². The molecule has 0 spiro atoms. The van der Waals surface area contributed by atoms with Crippen molar-refractivity contribution in [1.29, 1.82) is 0 Å². The number of aromatic nitrogens is 2. The summed E-state index contributed by atoms with van der Waals surface area (Å²) in [5.41, 5.74) is 0. The molecule has 0 aliphatic carbocycles. The van der Waals surface area contributed by atoms with Gasteiger partial charge in [0.15, 0.2) is 0 Å². The topological polar surface area (TPSA) is 28.7 Å². The lowest BCUT2D eigenvalue weighted by Crippen LogP contribution is -1.83. The van der Waals surface area contributed by atoms with Crippen LogP contribution in [-0.2, 0) is 0 Å². The highest BCUT2D eigenvalue weighted by atomic mass is 127. The predicted octanol–water partition coefficient (Wildman–Crippen LogP) is 2.40. The molecule has 0 aliphatic heterocycles. The third-order valence-corrected chi connectivity index (χ3v) is 3.10. The van der Waals surface area contributed by atoms with E-state index < -0.39 is 0 Å². The second kappa shape index (κ2) is 2.94. The molecule has 0 aromatic carbocycles. The van der Waals surface area contributed by atoms with E-state index in [1.807, 2.05) is 22.6 Å². The summed E-state index contributed by atoms with van der Waals surface area (Å²) in [5, 5.41) is 0.551. The minimum atomic E-state index is 0.541. The Bertz CT molecular complexity index is 272. The Labute approximate surface area is 75.8 Å². The zero-order chi connectivity index (χ0) is 6.85. The van der Waals surface area contributed by atoms with E-state index in [0.717, 1.165) is 3.57 Å². The van der Waals surface area contributed by atoms with Crippen LogP contribution in [0.25, 0.3) is 0 Å². The van der Waals surface area contributed by atoms with Gasteiger partial charge in [0.05, 0.1) is 9.90 Å². The number of halogens is 2. The maximum absolute atomic E-state index is 5.64. The van der Waals surface area contributed by atoms with Gasteiger partial charge in [-0.2, -0.15) is 0 Å². The van der Waals surface area contributed by atoms with Crippen molar-refractivity contribution in [2.24, 2.45) is 0 Å². The molecular formula is C4H2ClIN2S. The zero-order valence-corrected chi connectivity index (χ0v) is 7.92. The number of hydrogen-bond acceptors (Lipinski definition) is 2. The number of hydrogen-bond donors (Lipinski definition) is 1. The monoisotopic (exact) mass is 272 g/mol. The van der Waals surface area contributed by atoms with Crippen LogP contribution in [0, 0.1) is 8.21 Å². The van der Waals surface area contributed by atoms with E-state index in [9.17, 15) is 0 Å². The first-order valence-corrected chi connectivity index (χ1v) is 3.97. The molecule has 0 radical (unpaired) electrons. The molecule has 9 heavy (non-hydrogen) atoms. The lowest BCUT2D eigenvalue weighted by atomic mass is 10.7. The van der Waals surface area contributed by atoms with Gasteiger partial charge in [0.2, 0.25) is 0 Å². The van der Waals surface area contributed by atoms with Gasteiger partial charge in [0, 0.05) is 0 Å². The minimum Gasteiger partial charge on any atom is -0.336 e. The Morgan fingerprint density at radius 3 is 2.89 bits per heavy atom. The summed E-state index contributed by atoms with van der Waals surface area (Å²) in [4.78, 5) is 6.53. The van der Waals surface area contributed by atoms with Crippen LogP contribution in [-0.4, -0.2) is 9.97 Å². The second-order valence-electron chi connectivity index (χ2n) is 1.34. The smallest absolute Gasteiger partial charge is 0.144 e. The first-order chi connectivity index (χ1) is 4.22. The molecular weight excluding hydrogens is 270 g/mol. The average Bonchev–Trinajstić information content (AvgIpc) is 1.83. The first kappa shape index (κ1) is 7.43. The van der Waals surface area contributed by atoms with Gasteiger partial charge in [-0.3, -0.25) is 0 Å². The molecule has 1 rings (SSSR count). The third-order valence-electron chi connectivity index (χ3n) is 0.754. The van der Waals surface area contributed by atoms with E-state index in [0.29, 0.717) is 9.79 Å². The van der Waals surface area contributed by atoms with Gasteiger partial charge in [-0.25, -0.2) is 4.98 Å². The highest BCUT2D eigenvalue weighted by molar-refractivity contribution is 14.1. The van der Waals surface area contributed by atoms with E-state index in [4.69, 9.17) is 23.8 Å². The Morgan fingerprint density at radius 1 is 1.78 bits per heavy atom. The molecule has 1 aromatic heterocycles. The molecule has 2 nitrogen and oxygen atoms in total. The normalized spacial score (nSPS) is 9.56. The van der Waals surface area contributed by atoms with Crippen LogP contribution in [0.4, 0.5) is 0 Å². The van der Waals surface area contributed by atoms with Gasteiger partial charge in [0.1, 0.15) is 9.79 Å². The van der Waals surface area contributed by atoms with Crippen molar-refractivity contribution in [2.75, 3.05) is 0 Å². The summed E-state index contributed by atoms with van der Waals surface area (Å²) >= 11 is 12.5. The quantitative estimate of drug-likeness (QED) is 0.446. The van der Waals surface area contributed by atoms with Crippen molar-refractivity contribution in [3.05, 3.63) is 19.7 Å². The highest BCUT2D eigenvalue weighted by Crippen LogP contribution is 2.13.